The minimum Gasteiger partial charge on any atom is -0.469 e. The lowest BCUT2D eigenvalue weighted by atomic mass is 9.85. The number of benzene rings is 1. The van der Waals surface area contributed by atoms with Gasteiger partial charge in [-0.15, -0.1) is 0 Å². The van der Waals surface area contributed by atoms with Crippen LogP contribution in [0.3, 0.4) is 0 Å². The molecule has 1 aliphatic carbocycles. The van der Waals surface area contributed by atoms with E-state index >= 15 is 0 Å². The molecule has 1 N–H and O–H groups in total. The van der Waals surface area contributed by atoms with E-state index in [2.05, 4.69) is 4.72 Å². The second kappa shape index (κ2) is 6.77. The van der Waals surface area contributed by atoms with Crippen LogP contribution in [0.1, 0.15) is 25.7 Å². The normalized spacial score (nSPS) is 22.8. The van der Waals surface area contributed by atoms with Gasteiger partial charge in [0, 0.05) is 11.1 Å². The van der Waals surface area contributed by atoms with Crippen LogP contribution in [0, 0.1) is 5.92 Å². The maximum Gasteiger partial charge on any atom is 0.310 e. The molecule has 2 atom stereocenters. The Kier molecular flexibility index (Phi) is 5.24. The third-order valence-corrected chi connectivity index (χ3v) is 5.46. The molecule has 1 fully saturated rings. The van der Waals surface area contributed by atoms with E-state index in [1.54, 1.807) is 0 Å². The van der Waals surface area contributed by atoms with Gasteiger partial charge in [0.2, 0.25) is 10.0 Å². The van der Waals surface area contributed by atoms with E-state index in [0.29, 0.717) is 17.9 Å². The number of methoxy groups -OCH3 is 1. The van der Waals surface area contributed by atoms with E-state index in [-0.39, 0.29) is 10.9 Å². The molecule has 0 radical (unpaired) electrons. The highest BCUT2D eigenvalue weighted by molar-refractivity contribution is 7.89. The van der Waals surface area contributed by atoms with E-state index in [9.17, 15) is 13.2 Å². The maximum atomic E-state index is 12.4. The lowest BCUT2D eigenvalue weighted by Crippen LogP contribution is -2.45. The van der Waals surface area contributed by atoms with Crippen LogP contribution in [0.15, 0.2) is 29.2 Å². The first-order valence-electron chi connectivity index (χ1n) is 6.80. The number of halogens is 1. The van der Waals surface area contributed by atoms with Crippen LogP contribution in [-0.4, -0.2) is 27.5 Å². The highest BCUT2D eigenvalue weighted by Gasteiger charge is 2.34. The number of hydrogen-bond donors (Lipinski definition) is 1. The molecule has 2 rings (SSSR count). The highest BCUT2D eigenvalue weighted by atomic mass is 35.5. The Morgan fingerprint density at radius 1 is 1.24 bits per heavy atom. The number of nitrogens with one attached hydrogen (secondary N) is 1. The van der Waals surface area contributed by atoms with Crippen LogP contribution in [0.4, 0.5) is 0 Å². The first-order chi connectivity index (χ1) is 9.94. The second-order valence-corrected chi connectivity index (χ2v) is 7.25. The SMILES string of the molecule is COC(=O)[C@H]1CCCC[C@@H]1NS(=O)(=O)c1ccc(Cl)cc1. The number of carbonyl (C=O) groups is 1. The fourth-order valence-electron chi connectivity index (χ4n) is 2.59. The fraction of sp³-hybridized carbons (Fsp3) is 0.500. The average molecular weight is 332 g/mol. The number of hydrogen-bond acceptors (Lipinski definition) is 4. The van der Waals surface area contributed by atoms with Crippen LogP contribution < -0.4 is 4.72 Å². The molecule has 7 heteroatoms. The third-order valence-electron chi connectivity index (χ3n) is 3.70. The summed E-state index contributed by atoms with van der Waals surface area (Å²) in [7, 11) is -2.35. The van der Waals surface area contributed by atoms with Crippen molar-refractivity contribution in [1.82, 2.24) is 4.72 Å². The molecule has 1 aromatic rings. The van der Waals surface area contributed by atoms with Gasteiger partial charge >= 0.3 is 5.97 Å². The summed E-state index contributed by atoms with van der Waals surface area (Å²) in [5.74, 6) is -0.788. The van der Waals surface area contributed by atoms with Gasteiger partial charge in [-0.05, 0) is 37.1 Å². The molecular weight excluding hydrogens is 314 g/mol. The zero-order valence-corrected chi connectivity index (χ0v) is 13.3. The summed E-state index contributed by atoms with van der Waals surface area (Å²) in [5.41, 5.74) is 0. The molecule has 0 spiro atoms. The Labute approximate surface area is 129 Å². The summed E-state index contributed by atoms with van der Waals surface area (Å²) in [4.78, 5) is 11.9. The van der Waals surface area contributed by atoms with Gasteiger partial charge in [0.05, 0.1) is 17.9 Å². The summed E-state index contributed by atoms with van der Waals surface area (Å²) < 4.78 is 32.1. The summed E-state index contributed by atoms with van der Waals surface area (Å²) in [6.45, 7) is 0. The van der Waals surface area contributed by atoms with E-state index in [1.807, 2.05) is 0 Å². The number of esters is 1. The van der Waals surface area contributed by atoms with E-state index in [4.69, 9.17) is 16.3 Å². The second-order valence-electron chi connectivity index (χ2n) is 5.10. The van der Waals surface area contributed by atoms with Crippen molar-refractivity contribution in [3.63, 3.8) is 0 Å². The van der Waals surface area contributed by atoms with Crippen molar-refractivity contribution in [2.24, 2.45) is 5.92 Å². The van der Waals surface area contributed by atoms with E-state index < -0.39 is 22.0 Å². The molecule has 0 amide bonds. The molecule has 21 heavy (non-hydrogen) atoms. The Bertz CT molecular complexity index is 600. The van der Waals surface area contributed by atoms with Gasteiger partial charge in [0.25, 0.3) is 0 Å². The smallest absolute Gasteiger partial charge is 0.310 e. The number of carbonyl (C=O) groups excluding carboxylic acids is 1. The van der Waals surface area contributed by atoms with Crippen LogP contribution in [0.2, 0.25) is 5.02 Å². The van der Waals surface area contributed by atoms with Gasteiger partial charge in [-0.25, -0.2) is 13.1 Å². The van der Waals surface area contributed by atoms with Gasteiger partial charge in [-0.1, -0.05) is 24.4 Å². The molecule has 0 aromatic heterocycles. The van der Waals surface area contributed by atoms with Crippen molar-refractivity contribution < 1.29 is 17.9 Å². The number of sulfonamides is 1. The minimum absolute atomic E-state index is 0.140. The molecular formula is C14H18ClNO4S. The summed E-state index contributed by atoms with van der Waals surface area (Å²) in [6, 6.07) is 5.51. The van der Waals surface area contributed by atoms with Crippen LogP contribution >= 0.6 is 11.6 Å². The maximum absolute atomic E-state index is 12.4. The number of rotatable bonds is 4. The predicted octanol–water partition coefficient (Wildman–Crippen LogP) is 2.35. The molecule has 116 valence electrons. The van der Waals surface area contributed by atoms with Gasteiger partial charge in [-0.2, -0.15) is 0 Å². The summed E-state index contributed by atoms with van der Waals surface area (Å²) in [5, 5.41) is 0.471. The molecule has 1 aliphatic rings. The van der Waals surface area contributed by atoms with Crippen molar-refractivity contribution in [3.05, 3.63) is 29.3 Å². The van der Waals surface area contributed by atoms with Crippen LogP contribution in [-0.2, 0) is 19.6 Å². The lowest BCUT2D eigenvalue weighted by molar-refractivity contribution is -0.147. The van der Waals surface area contributed by atoms with Crippen LogP contribution in [0.25, 0.3) is 0 Å². The van der Waals surface area contributed by atoms with Crippen LogP contribution in [0.5, 0.6) is 0 Å². The Morgan fingerprint density at radius 2 is 1.86 bits per heavy atom. The molecule has 0 heterocycles. The predicted molar refractivity (Wildman–Crippen MR) is 79.5 cm³/mol. The largest absolute Gasteiger partial charge is 0.469 e. The molecule has 5 nitrogen and oxygen atoms in total. The van der Waals surface area contributed by atoms with E-state index in [0.717, 1.165) is 12.8 Å². The first-order valence-corrected chi connectivity index (χ1v) is 8.66. The zero-order chi connectivity index (χ0) is 15.5. The average Bonchev–Trinajstić information content (AvgIpc) is 2.47. The lowest BCUT2D eigenvalue weighted by Gasteiger charge is -2.29. The fourth-order valence-corrected chi connectivity index (χ4v) is 4.02. The Hall–Kier alpha value is -1.11. The molecule has 1 aromatic carbocycles. The topological polar surface area (TPSA) is 72.5 Å². The highest BCUT2D eigenvalue weighted by Crippen LogP contribution is 2.27. The van der Waals surface area contributed by atoms with Crippen molar-refractivity contribution in [1.29, 1.82) is 0 Å². The van der Waals surface area contributed by atoms with Crippen molar-refractivity contribution in [3.8, 4) is 0 Å². The molecule has 1 saturated carbocycles. The zero-order valence-electron chi connectivity index (χ0n) is 11.7. The van der Waals surface area contributed by atoms with Crippen molar-refractivity contribution in [2.45, 2.75) is 36.6 Å². The Balaban J connectivity index is 2.17. The summed E-state index contributed by atoms with van der Waals surface area (Å²) >= 11 is 5.76. The molecule has 0 saturated heterocycles. The van der Waals surface area contributed by atoms with Crippen molar-refractivity contribution in [2.75, 3.05) is 7.11 Å². The van der Waals surface area contributed by atoms with E-state index in [1.165, 1.54) is 31.4 Å². The molecule has 0 unspecified atom stereocenters. The quantitative estimate of drug-likeness (QED) is 0.860. The van der Waals surface area contributed by atoms with Gasteiger partial charge in [0.15, 0.2) is 0 Å². The number of ether oxygens (including phenoxy) is 1. The van der Waals surface area contributed by atoms with Gasteiger partial charge in [0.1, 0.15) is 0 Å². The molecule has 0 bridgehead atoms. The third kappa shape index (κ3) is 3.96. The van der Waals surface area contributed by atoms with Gasteiger partial charge < -0.3 is 4.74 Å². The van der Waals surface area contributed by atoms with Gasteiger partial charge in [-0.3, -0.25) is 4.79 Å². The Morgan fingerprint density at radius 3 is 2.48 bits per heavy atom. The monoisotopic (exact) mass is 331 g/mol. The molecule has 0 aliphatic heterocycles. The standard InChI is InChI=1S/C14H18ClNO4S/c1-20-14(17)12-4-2-3-5-13(12)16-21(18,19)11-8-6-10(15)7-9-11/h6-9,12-13,16H,2-5H2,1H3/t12-,13-/m0/s1. The first kappa shape index (κ1) is 16.3. The summed E-state index contributed by atoms with van der Waals surface area (Å²) in [6.07, 6.45) is 3.06. The van der Waals surface area contributed by atoms with Crippen molar-refractivity contribution >= 4 is 27.6 Å². The minimum atomic E-state index is -3.67.